The molecule has 0 radical (unpaired) electrons. The number of hydrogen-bond acceptors (Lipinski definition) is 3. The minimum atomic E-state index is -0.322. The number of carbonyl (C=O) groups is 2. The first kappa shape index (κ1) is 15.8. The predicted octanol–water partition coefficient (Wildman–Crippen LogP) is 2.94. The lowest BCUT2D eigenvalue weighted by Gasteiger charge is -2.23. The second-order valence-electron chi connectivity index (χ2n) is 6.18. The first-order valence-corrected chi connectivity index (χ1v) is 8.26. The minimum absolute atomic E-state index is 0.0786. The van der Waals surface area contributed by atoms with E-state index in [1.54, 1.807) is 18.2 Å². The van der Waals surface area contributed by atoms with Crippen LogP contribution in [-0.2, 0) is 9.59 Å². The van der Waals surface area contributed by atoms with Gasteiger partial charge in [-0.05, 0) is 31.0 Å². The molecule has 1 aromatic rings. The normalized spacial score (nSPS) is 21.5. The highest BCUT2D eigenvalue weighted by atomic mass is 35.5. The Bertz CT molecular complexity index is 677. The molecule has 1 saturated heterocycles. The predicted molar refractivity (Wildman–Crippen MR) is 86.9 cm³/mol. The molecule has 1 aromatic carbocycles. The van der Waals surface area contributed by atoms with Crippen molar-refractivity contribution in [2.75, 3.05) is 11.9 Å². The highest BCUT2D eigenvalue weighted by molar-refractivity contribution is 6.32. The van der Waals surface area contributed by atoms with Gasteiger partial charge in [-0.15, -0.1) is 0 Å². The van der Waals surface area contributed by atoms with E-state index in [1.807, 2.05) is 11.0 Å². The van der Waals surface area contributed by atoms with Crippen molar-refractivity contribution in [2.45, 2.75) is 38.1 Å². The van der Waals surface area contributed by atoms with Crippen LogP contribution in [0.4, 0.5) is 5.69 Å². The molecule has 2 fully saturated rings. The van der Waals surface area contributed by atoms with Gasteiger partial charge in [-0.2, -0.15) is 5.26 Å². The molecule has 120 valence electrons. The van der Waals surface area contributed by atoms with Gasteiger partial charge in [0, 0.05) is 24.7 Å². The zero-order valence-electron chi connectivity index (χ0n) is 12.7. The maximum Gasteiger partial charge on any atom is 0.229 e. The van der Waals surface area contributed by atoms with Crippen LogP contribution in [0.1, 0.15) is 37.7 Å². The average Bonchev–Trinajstić information content (AvgIpc) is 3.16. The average molecular weight is 332 g/mol. The molecule has 0 spiro atoms. The fourth-order valence-corrected chi connectivity index (χ4v) is 3.63. The third-order valence-electron chi connectivity index (χ3n) is 4.65. The van der Waals surface area contributed by atoms with Crippen LogP contribution < -0.4 is 5.32 Å². The molecule has 1 N–H and O–H groups in total. The van der Waals surface area contributed by atoms with Gasteiger partial charge in [-0.1, -0.05) is 24.4 Å². The third kappa shape index (κ3) is 3.32. The third-order valence-corrected chi connectivity index (χ3v) is 4.96. The standard InChI is InChI=1S/C17H18ClN3O2/c18-15-8-13(6-5-11(15)9-19)20-17(23)12-7-16(22)21(10-12)14-3-1-2-4-14/h5-6,8,12,14H,1-4,7,10H2,(H,20,23). The summed E-state index contributed by atoms with van der Waals surface area (Å²) in [6.07, 6.45) is 4.69. The second kappa shape index (κ2) is 6.59. The minimum Gasteiger partial charge on any atom is -0.339 e. The van der Waals surface area contributed by atoms with Crippen molar-refractivity contribution >= 4 is 29.1 Å². The van der Waals surface area contributed by atoms with Crippen LogP contribution in [0, 0.1) is 17.2 Å². The molecule has 0 aromatic heterocycles. The molecule has 23 heavy (non-hydrogen) atoms. The maximum absolute atomic E-state index is 12.4. The van der Waals surface area contributed by atoms with Crippen LogP contribution in [0.15, 0.2) is 18.2 Å². The van der Waals surface area contributed by atoms with E-state index in [4.69, 9.17) is 16.9 Å². The summed E-state index contributed by atoms with van der Waals surface area (Å²) in [6, 6.07) is 7.07. The molecule has 1 atom stereocenters. The number of likely N-dealkylation sites (tertiary alicyclic amines) is 1. The fourth-order valence-electron chi connectivity index (χ4n) is 3.40. The zero-order chi connectivity index (χ0) is 16.4. The van der Waals surface area contributed by atoms with Crippen LogP contribution in [0.5, 0.6) is 0 Å². The van der Waals surface area contributed by atoms with E-state index < -0.39 is 0 Å². The first-order valence-electron chi connectivity index (χ1n) is 7.88. The Morgan fingerprint density at radius 3 is 2.74 bits per heavy atom. The van der Waals surface area contributed by atoms with E-state index in [-0.39, 0.29) is 24.2 Å². The van der Waals surface area contributed by atoms with Crippen molar-refractivity contribution in [3.63, 3.8) is 0 Å². The molecule has 1 unspecified atom stereocenters. The van der Waals surface area contributed by atoms with E-state index in [0.29, 0.717) is 28.9 Å². The molecule has 0 bridgehead atoms. The topological polar surface area (TPSA) is 73.2 Å². The Morgan fingerprint density at radius 2 is 2.09 bits per heavy atom. The summed E-state index contributed by atoms with van der Waals surface area (Å²) in [5.41, 5.74) is 0.916. The van der Waals surface area contributed by atoms with Crippen molar-refractivity contribution in [3.8, 4) is 6.07 Å². The molecule has 2 amide bonds. The highest BCUT2D eigenvalue weighted by Crippen LogP contribution is 2.30. The number of nitriles is 1. The van der Waals surface area contributed by atoms with Gasteiger partial charge in [-0.25, -0.2) is 0 Å². The molecular weight excluding hydrogens is 314 g/mol. The summed E-state index contributed by atoms with van der Waals surface area (Å²) in [5, 5.41) is 12.0. The summed E-state index contributed by atoms with van der Waals surface area (Å²) in [6.45, 7) is 0.499. The molecule has 5 nitrogen and oxygen atoms in total. The van der Waals surface area contributed by atoms with Crippen molar-refractivity contribution in [3.05, 3.63) is 28.8 Å². The van der Waals surface area contributed by atoms with Crippen molar-refractivity contribution in [2.24, 2.45) is 5.92 Å². The lowest BCUT2D eigenvalue weighted by Crippen LogP contribution is -2.35. The van der Waals surface area contributed by atoms with Crippen LogP contribution >= 0.6 is 11.6 Å². The molecule has 1 aliphatic heterocycles. The quantitative estimate of drug-likeness (QED) is 0.925. The molecule has 2 aliphatic rings. The van der Waals surface area contributed by atoms with Gasteiger partial charge in [0.15, 0.2) is 0 Å². The summed E-state index contributed by atoms with van der Waals surface area (Å²) in [7, 11) is 0. The lowest BCUT2D eigenvalue weighted by atomic mass is 10.1. The van der Waals surface area contributed by atoms with Gasteiger partial charge < -0.3 is 10.2 Å². The SMILES string of the molecule is N#Cc1ccc(NC(=O)C2CC(=O)N(C3CCCC3)C2)cc1Cl. The summed E-state index contributed by atoms with van der Waals surface area (Å²) >= 11 is 5.97. The van der Waals surface area contributed by atoms with E-state index in [1.165, 1.54) is 0 Å². The Morgan fingerprint density at radius 1 is 1.35 bits per heavy atom. The fraction of sp³-hybridized carbons (Fsp3) is 0.471. The smallest absolute Gasteiger partial charge is 0.229 e. The zero-order valence-corrected chi connectivity index (χ0v) is 13.5. The second-order valence-corrected chi connectivity index (χ2v) is 6.59. The largest absolute Gasteiger partial charge is 0.339 e. The number of anilines is 1. The van der Waals surface area contributed by atoms with Crippen molar-refractivity contribution < 1.29 is 9.59 Å². The first-order chi connectivity index (χ1) is 11.1. The number of amides is 2. The molecule has 1 aliphatic carbocycles. The van der Waals surface area contributed by atoms with Gasteiger partial charge in [-0.3, -0.25) is 9.59 Å². The molecular formula is C17H18ClN3O2. The number of hydrogen-bond donors (Lipinski definition) is 1. The van der Waals surface area contributed by atoms with Gasteiger partial charge in [0.1, 0.15) is 6.07 Å². The van der Waals surface area contributed by atoms with E-state index in [0.717, 1.165) is 25.7 Å². The van der Waals surface area contributed by atoms with E-state index in [9.17, 15) is 9.59 Å². The van der Waals surface area contributed by atoms with E-state index >= 15 is 0 Å². The van der Waals surface area contributed by atoms with Crippen LogP contribution in [0.3, 0.4) is 0 Å². The van der Waals surface area contributed by atoms with Gasteiger partial charge in [0.2, 0.25) is 11.8 Å². The molecule has 1 saturated carbocycles. The summed E-state index contributed by atoms with van der Waals surface area (Å²) in [4.78, 5) is 26.4. The summed E-state index contributed by atoms with van der Waals surface area (Å²) < 4.78 is 0. The monoisotopic (exact) mass is 331 g/mol. The Kier molecular flexibility index (Phi) is 4.53. The molecule has 1 heterocycles. The van der Waals surface area contributed by atoms with Crippen molar-refractivity contribution in [1.29, 1.82) is 5.26 Å². The Balaban J connectivity index is 1.64. The Labute approximate surface area is 140 Å². The summed E-state index contributed by atoms with van der Waals surface area (Å²) in [5.74, 6) is -0.410. The number of halogens is 1. The van der Waals surface area contributed by atoms with Crippen LogP contribution in [0.25, 0.3) is 0 Å². The van der Waals surface area contributed by atoms with Gasteiger partial charge >= 0.3 is 0 Å². The van der Waals surface area contributed by atoms with Crippen LogP contribution in [-0.4, -0.2) is 29.3 Å². The maximum atomic E-state index is 12.4. The number of benzene rings is 1. The van der Waals surface area contributed by atoms with E-state index in [2.05, 4.69) is 5.32 Å². The van der Waals surface area contributed by atoms with Crippen molar-refractivity contribution in [1.82, 2.24) is 4.90 Å². The number of carbonyl (C=O) groups excluding carboxylic acids is 2. The van der Waals surface area contributed by atoms with Gasteiger partial charge in [0.05, 0.1) is 16.5 Å². The number of nitrogens with one attached hydrogen (secondary N) is 1. The lowest BCUT2D eigenvalue weighted by molar-refractivity contribution is -0.129. The highest BCUT2D eigenvalue weighted by Gasteiger charge is 2.38. The van der Waals surface area contributed by atoms with Crippen LogP contribution in [0.2, 0.25) is 5.02 Å². The Hall–Kier alpha value is -2.06. The number of nitrogens with zero attached hydrogens (tertiary/aromatic N) is 2. The number of rotatable bonds is 3. The molecule has 3 rings (SSSR count). The molecule has 6 heteroatoms. The van der Waals surface area contributed by atoms with Gasteiger partial charge in [0.25, 0.3) is 0 Å².